The zero-order valence-corrected chi connectivity index (χ0v) is 9.40. The lowest BCUT2D eigenvalue weighted by atomic mass is 9.80. The number of nitrogens with two attached hydrogens (primary N) is 1. The average Bonchev–Trinajstić information content (AvgIpc) is 2.16. The summed E-state index contributed by atoms with van der Waals surface area (Å²) >= 11 is 0. The Hall–Kier alpha value is -0.160. The van der Waals surface area contributed by atoms with Crippen LogP contribution in [0.2, 0.25) is 0 Å². The van der Waals surface area contributed by atoms with Crippen molar-refractivity contribution < 1.29 is 14.2 Å². The molecule has 0 unspecified atom stereocenters. The zero-order chi connectivity index (χ0) is 10.7. The van der Waals surface area contributed by atoms with E-state index in [-0.39, 0.29) is 24.4 Å². The second-order valence-corrected chi connectivity index (χ2v) is 3.98. The lowest BCUT2D eigenvalue weighted by Gasteiger charge is -2.42. The Bertz CT molecular complexity index is 161. The molecule has 0 spiro atoms. The smallest absolute Gasteiger partial charge is 0.111 e. The number of rotatable bonds is 3. The molecule has 0 aromatic heterocycles. The Morgan fingerprint density at radius 3 is 1.86 bits per heavy atom. The van der Waals surface area contributed by atoms with E-state index in [2.05, 4.69) is 6.92 Å². The van der Waals surface area contributed by atoms with Gasteiger partial charge in [0.15, 0.2) is 0 Å². The number of hydrogen-bond donors (Lipinski definition) is 1. The molecule has 1 aliphatic carbocycles. The molecule has 0 radical (unpaired) electrons. The van der Waals surface area contributed by atoms with Crippen molar-refractivity contribution in [2.75, 3.05) is 21.3 Å². The molecule has 0 heterocycles. The van der Waals surface area contributed by atoms with Crippen LogP contribution < -0.4 is 5.73 Å². The van der Waals surface area contributed by atoms with Gasteiger partial charge in [-0.15, -0.1) is 0 Å². The third-order valence-corrected chi connectivity index (χ3v) is 3.09. The van der Waals surface area contributed by atoms with Crippen LogP contribution in [-0.4, -0.2) is 45.7 Å². The average molecular weight is 203 g/mol. The van der Waals surface area contributed by atoms with Crippen LogP contribution in [0, 0.1) is 5.92 Å². The van der Waals surface area contributed by atoms with Gasteiger partial charge in [-0.3, -0.25) is 0 Å². The Balaban J connectivity index is 2.76. The van der Waals surface area contributed by atoms with Crippen LogP contribution in [-0.2, 0) is 14.2 Å². The monoisotopic (exact) mass is 203 g/mol. The Morgan fingerprint density at radius 2 is 1.43 bits per heavy atom. The molecule has 0 aromatic carbocycles. The van der Waals surface area contributed by atoms with E-state index in [9.17, 15) is 0 Å². The first-order valence-corrected chi connectivity index (χ1v) is 4.99. The molecule has 4 heteroatoms. The lowest BCUT2D eigenvalue weighted by molar-refractivity contribution is -0.152. The molecule has 2 N–H and O–H groups in total. The van der Waals surface area contributed by atoms with Crippen molar-refractivity contribution in [3.05, 3.63) is 0 Å². The molecule has 14 heavy (non-hydrogen) atoms. The molecule has 1 aliphatic rings. The zero-order valence-electron chi connectivity index (χ0n) is 9.40. The van der Waals surface area contributed by atoms with Crippen LogP contribution in [0.1, 0.15) is 13.3 Å². The maximum atomic E-state index is 6.00. The van der Waals surface area contributed by atoms with Gasteiger partial charge >= 0.3 is 0 Å². The molecule has 0 aliphatic heterocycles. The van der Waals surface area contributed by atoms with Gasteiger partial charge in [-0.1, -0.05) is 6.92 Å². The molecule has 0 amide bonds. The summed E-state index contributed by atoms with van der Waals surface area (Å²) in [5.74, 6) is 0.409. The minimum atomic E-state index is -0.0684. The highest BCUT2D eigenvalue weighted by Crippen LogP contribution is 2.29. The van der Waals surface area contributed by atoms with Gasteiger partial charge in [0.2, 0.25) is 0 Å². The van der Waals surface area contributed by atoms with Gasteiger partial charge in [0, 0.05) is 27.4 Å². The maximum absolute atomic E-state index is 6.00. The highest BCUT2D eigenvalue weighted by Gasteiger charge is 2.42. The van der Waals surface area contributed by atoms with E-state index < -0.39 is 0 Å². The van der Waals surface area contributed by atoms with Crippen LogP contribution in [0.25, 0.3) is 0 Å². The minimum Gasteiger partial charge on any atom is -0.378 e. The summed E-state index contributed by atoms with van der Waals surface area (Å²) in [5, 5.41) is 0. The van der Waals surface area contributed by atoms with Crippen molar-refractivity contribution >= 4 is 0 Å². The van der Waals surface area contributed by atoms with Crippen LogP contribution in [0.4, 0.5) is 0 Å². The molecular weight excluding hydrogens is 182 g/mol. The summed E-state index contributed by atoms with van der Waals surface area (Å²) in [4.78, 5) is 0. The Morgan fingerprint density at radius 1 is 0.929 bits per heavy atom. The van der Waals surface area contributed by atoms with Gasteiger partial charge in [-0.2, -0.15) is 0 Å². The van der Waals surface area contributed by atoms with Gasteiger partial charge in [0.25, 0.3) is 0 Å². The Labute approximate surface area is 85.7 Å². The second-order valence-electron chi connectivity index (χ2n) is 3.98. The SMILES string of the molecule is CO[C@@H]1[C@@H](OC)[C@H](C)C[C@H](N)[C@H]1OC. The van der Waals surface area contributed by atoms with Crippen LogP contribution in [0.5, 0.6) is 0 Å². The fourth-order valence-corrected chi connectivity index (χ4v) is 2.40. The fourth-order valence-electron chi connectivity index (χ4n) is 2.40. The standard InChI is InChI=1S/C10H21NO3/c1-6-5-7(11)9(13-3)10(14-4)8(6)12-2/h6-10H,5,11H2,1-4H3/t6-,7+,8+,9-,10-/m1/s1. The topological polar surface area (TPSA) is 53.7 Å². The van der Waals surface area contributed by atoms with E-state index in [1.807, 2.05) is 0 Å². The highest BCUT2D eigenvalue weighted by atomic mass is 16.6. The fraction of sp³-hybridized carbons (Fsp3) is 1.00. The van der Waals surface area contributed by atoms with Crippen molar-refractivity contribution in [1.82, 2.24) is 0 Å². The molecule has 0 aromatic rings. The van der Waals surface area contributed by atoms with Crippen LogP contribution in [0.3, 0.4) is 0 Å². The van der Waals surface area contributed by atoms with Crippen molar-refractivity contribution in [1.29, 1.82) is 0 Å². The summed E-state index contributed by atoms with van der Waals surface area (Å²) in [6.45, 7) is 2.13. The van der Waals surface area contributed by atoms with E-state index >= 15 is 0 Å². The summed E-state index contributed by atoms with van der Waals surface area (Å²) in [5.41, 5.74) is 6.00. The molecule has 4 nitrogen and oxygen atoms in total. The molecule has 5 atom stereocenters. The van der Waals surface area contributed by atoms with E-state index in [0.29, 0.717) is 5.92 Å². The van der Waals surface area contributed by atoms with Crippen molar-refractivity contribution in [3.8, 4) is 0 Å². The van der Waals surface area contributed by atoms with Gasteiger partial charge in [0.05, 0.1) is 6.10 Å². The van der Waals surface area contributed by atoms with Crippen LogP contribution >= 0.6 is 0 Å². The molecule has 0 bridgehead atoms. The second kappa shape index (κ2) is 5.07. The third kappa shape index (κ3) is 2.08. The maximum Gasteiger partial charge on any atom is 0.111 e. The molecule has 1 fully saturated rings. The van der Waals surface area contributed by atoms with Crippen LogP contribution in [0.15, 0.2) is 0 Å². The Kier molecular flexibility index (Phi) is 4.31. The predicted molar refractivity (Wildman–Crippen MR) is 54.1 cm³/mol. The first-order chi connectivity index (χ1) is 6.65. The predicted octanol–water partition coefficient (Wildman–Crippen LogP) is 0.399. The van der Waals surface area contributed by atoms with E-state index in [0.717, 1.165) is 6.42 Å². The molecular formula is C10H21NO3. The lowest BCUT2D eigenvalue weighted by Crippen LogP contribution is -2.58. The first kappa shape index (κ1) is 11.9. The minimum absolute atomic E-state index is 0.0337. The molecule has 84 valence electrons. The number of hydrogen-bond acceptors (Lipinski definition) is 4. The van der Waals surface area contributed by atoms with Gasteiger partial charge < -0.3 is 19.9 Å². The van der Waals surface area contributed by atoms with Gasteiger partial charge in [-0.05, 0) is 12.3 Å². The van der Waals surface area contributed by atoms with E-state index in [1.54, 1.807) is 21.3 Å². The largest absolute Gasteiger partial charge is 0.378 e. The molecule has 0 saturated heterocycles. The van der Waals surface area contributed by atoms with Gasteiger partial charge in [0.1, 0.15) is 12.2 Å². The summed E-state index contributed by atoms with van der Waals surface area (Å²) in [6, 6.07) is 0.0337. The normalized spacial score (nSPS) is 43.9. The summed E-state index contributed by atoms with van der Waals surface area (Å²) < 4.78 is 16.2. The molecule has 1 rings (SSSR count). The van der Waals surface area contributed by atoms with E-state index in [4.69, 9.17) is 19.9 Å². The summed E-state index contributed by atoms with van der Waals surface area (Å²) in [7, 11) is 5.05. The van der Waals surface area contributed by atoms with Crippen molar-refractivity contribution in [2.45, 2.75) is 37.7 Å². The number of methoxy groups -OCH3 is 3. The summed E-state index contributed by atoms with van der Waals surface area (Å²) in [6.07, 6.45) is 0.853. The third-order valence-electron chi connectivity index (χ3n) is 3.09. The van der Waals surface area contributed by atoms with Crippen molar-refractivity contribution in [3.63, 3.8) is 0 Å². The highest BCUT2D eigenvalue weighted by molar-refractivity contribution is 4.95. The molecule has 1 saturated carbocycles. The van der Waals surface area contributed by atoms with Gasteiger partial charge in [-0.25, -0.2) is 0 Å². The van der Waals surface area contributed by atoms with E-state index in [1.165, 1.54) is 0 Å². The quantitative estimate of drug-likeness (QED) is 0.721. The first-order valence-electron chi connectivity index (χ1n) is 4.99. The number of ether oxygens (including phenoxy) is 3. The van der Waals surface area contributed by atoms with Crippen molar-refractivity contribution in [2.24, 2.45) is 11.7 Å².